The first-order valence-corrected chi connectivity index (χ1v) is 7.60. The van der Waals surface area contributed by atoms with Gasteiger partial charge in [0.05, 0.1) is 23.8 Å². The number of ether oxygens (including phenoxy) is 1. The van der Waals surface area contributed by atoms with E-state index in [9.17, 15) is 0 Å². The summed E-state index contributed by atoms with van der Waals surface area (Å²) >= 11 is 8.78. The number of anilines is 1. The van der Waals surface area contributed by atoms with Gasteiger partial charge in [0.1, 0.15) is 5.60 Å². The van der Waals surface area contributed by atoms with E-state index in [1.807, 2.05) is 46.1 Å². The summed E-state index contributed by atoms with van der Waals surface area (Å²) in [5.41, 5.74) is 1.37. The maximum atomic E-state index is 5.71. The van der Waals surface area contributed by atoms with Gasteiger partial charge in [-0.15, -0.1) is 0 Å². The number of aromatic nitrogens is 3. The Morgan fingerprint density at radius 1 is 1.43 bits per heavy atom. The Kier molecular flexibility index (Phi) is 4.63. The van der Waals surface area contributed by atoms with Crippen molar-refractivity contribution in [1.82, 2.24) is 14.8 Å². The van der Waals surface area contributed by atoms with Crippen LogP contribution in [-0.4, -0.2) is 32.6 Å². The fourth-order valence-corrected chi connectivity index (χ4v) is 2.51. The second-order valence-electron chi connectivity index (χ2n) is 5.50. The first kappa shape index (κ1) is 15.9. The Morgan fingerprint density at radius 2 is 2.14 bits per heavy atom. The molecule has 5 nitrogen and oxygen atoms in total. The van der Waals surface area contributed by atoms with Crippen molar-refractivity contribution in [3.63, 3.8) is 0 Å². The van der Waals surface area contributed by atoms with Gasteiger partial charge in [-0.1, -0.05) is 0 Å². The first-order chi connectivity index (χ1) is 9.78. The third-order valence-corrected chi connectivity index (χ3v) is 3.51. The SMILES string of the molecule is CN(C(=S)OC(C)(C)C)c1cn(-c2cccnc2)nc1Br. The van der Waals surface area contributed by atoms with Crippen LogP contribution in [0.25, 0.3) is 5.69 Å². The standard InChI is InChI=1S/C14H17BrN4OS/c1-14(2,3)20-13(21)18(4)11-9-19(17-12(11)15)10-6-5-7-16-8-10/h5-9H,1-4H3. The van der Waals surface area contributed by atoms with E-state index in [4.69, 9.17) is 17.0 Å². The van der Waals surface area contributed by atoms with Crippen LogP contribution in [0.2, 0.25) is 0 Å². The Balaban J connectivity index is 2.25. The lowest BCUT2D eigenvalue weighted by Gasteiger charge is -2.26. The van der Waals surface area contributed by atoms with Gasteiger partial charge in [0, 0.05) is 13.2 Å². The summed E-state index contributed by atoms with van der Waals surface area (Å²) in [4.78, 5) is 5.87. The van der Waals surface area contributed by atoms with Gasteiger partial charge in [-0.3, -0.25) is 4.98 Å². The Labute approximate surface area is 138 Å². The minimum absolute atomic E-state index is 0.336. The molecule has 2 aromatic heterocycles. The molecule has 0 saturated heterocycles. The number of pyridine rings is 1. The van der Waals surface area contributed by atoms with Crippen molar-refractivity contribution in [3.8, 4) is 5.69 Å². The van der Waals surface area contributed by atoms with Crippen LogP contribution < -0.4 is 4.90 Å². The topological polar surface area (TPSA) is 43.2 Å². The third kappa shape index (κ3) is 4.01. The summed E-state index contributed by atoms with van der Waals surface area (Å²) in [6, 6.07) is 3.79. The molecule has 0 N–H and O–H groups in total. The molecular formula is C14H17BrN4OS. The molecule has 0 unspecified atom stereocenters. The Bertz CT molecular complexity index is 636. The van der Waals surface area contributed by atoms with E-state index >= 15 is 0 Å². The van der Waals surface area contributed by atoms with Crippen molar-refractivity contribution >= 4 is 39.0 Å². The largest absolute Gasteiger partial charge is 0.465 e. The van der Waals surface area contributed by atoms with Crippen LogP contribution in [0.15, 0.2) is 35.3 Å². The molecule has 0 aliphatic heterocycles. The van der Waals surface area contributed by atoms with E-state index in [0.29, 0.717) is 9.78 Å². The molecule has 0 saturated carbocycles. The number of halogens is 1. The van der Waals surface area contributed by atoms with Crippen molar-refractivity contribution in [1.29, 1.82) is 0 Å². The average molecular weight is 369 g/mol. The van der Waals surface area contributed by atoms with Crippen LogP contribution in [0.3, 0.4) is 0 Å². The molecule has 2 aromatic rings. The fourth-order valence-electron chi connectivity index (χ4n) is 1.62. The molecule has 7 heteroatoms. The number of hydrogen-bond donors (Lipinski definition) is 0. The molecule has 0 atom stereocenters. The van der Waals surface area contributed by atoms with Crippen LogP contribution in [0, 0.1) is 0 Å². The smallest absolute Gasteiger partial charge is 0.264 e. The number of nitrogens with zero attached hydrogens (tertiary/aromatic N) is 4. The second kappa shape index (κ2) is 6.11. The number of thiocarbonyl (C=S) groups is 1. The minimum Gasteiger partial charge on any atom is -0.465 e. The van der Waals surface area contributed by atoms with Crippen LogP contribution in [0.1, 0.15) is 20.8 Å². The van der Waals surface area contributed by atoms with Gasteiger partial charge in [-0.25, -0.2) is 4.68 Å². The minimum atomic E-state index is -0.336. The van der Waals surface area contributed by atoms with E-state index in [0.717, 1.165) is 11.4 Å². The van der Waals surface area contributed by atoms with E-state index in [2.05, 4.69) is 26.0 Å². The monoisotopic (exact) mass is 368 g/mol. The molecule has 0 amide bonds. The summed E-state index contributed by atoms with van der Waals surface area (Å²) in [5, 5.41) is 4.81. The molecule has 0 radical (unpaired) electrons. The fraction of sp³-hybridized carbons (Fsp3) is 0.357. The van der Waals surface area contributed by atoms with Gasteiger partial charge in [0.15, 0.2) is 4.60 Å². The Hall–Kier alpha value is -1.47. The second-order valence-corrected chi connectivity index (χ2v) is 6.60. The summed E-state index contributed by atoms with van der Waals surface area (Å²) in [6.07, 6.45) is 5.34. The van der Waals surface area contributed by atoms with Gasteiger partial charge in [-0.2, -0.15) is 5.10 Å². The van der Waals surface area contributed by atoms with Crippen LogP contribution in [0.5, 0.6) is 0 Å². The predicted octanol–water partition coefficient (Wildman–Crippen LogP) is 3.57. The molecular weight excluding hydrogens is 352 g/mol. The van der Waals surface area contributed by atoms with Crippen molar-refractivity contribution in [2.45, 2.75) is 26.4 Å². The molecule has 0 aliphatic rings. The lowest BCUT2D eigenvalue weighted by atomic mass is 10.2. The summed E-state index contributed by atoms with van der Waals surface area (Å²) in [6.45, 7) is 5.88. The van der Waals surface area contributed by atoms with Gasteiger partial charge in [0.2, 0.25) is 0 Å². The van der Waals surface area contributed by atoms with E-state index in [1.54, 1.807) is 22.0 Å². The summed E-state index contributed by atoms with van der Waals surface area (Å²) in [7, 11) is 1.85. The molecule has 0 fully saturated rings. The zero-order valence-electron chi connectivity index (χ0n) is 12.4. The highest BCUT2D eigenvalue weighted by atomic mass is 79.9. The normalized spacial score (nSPS) is 11.3. The molecule has 2 rings (SSSR count). The summed E-state index contributed by atoms with van der Waals surface area (Å²) < 4.78 is 8.14. The zero-order chi connectivity index (χ0) is 15.6. The van der Waals surface area contributed by atoms with Crippen molar-refractivity contribution in [2.75, 3.05) is 11.9 Å². The molecule has 112 valence electrons. The van der Waals surface area contributed by atoms with Crippen LogP contribution in [0.4, 0.5) is 5.69 Å². The maximum absolute atomic E-state index is 5.71. The molecule has 21 heavy (non-hydrogen) atoms. The van der Waals surface area contributed by atoms with Crippen molar-refractivity contribution in [3.05, 3.63) is 35.3 Å². The molecule has 0 aliphatic carbocycles. The predicted molar refractivity (Wildman–Crippen MR) is 90.9 cm³/mol. The van der Waals surface area contributed by atoms with Crippen LogP contribution in [-0.2, 0) is 4.74 Å². The molecule has 0 spiro atoms. The van der Waals surface area contributed by atoms with Crippen molar-refractivity contribution in [2.24, 2.45) is 0 Å². The van der Waals surface area contributed by atoms with Gasteiger partial charge < -0.3 is 9.64 Å². The van der Waals surface area contributed by atoms with Gasteiger partial charge in [0.25, 0.3) is 5.17 Å². The van der Waals surface area contributed by atoms with Crippen molar-refractivity contribution < 1.29 is 4.74 Å². The first-order valence-electron chi connectivity index (χ1n) is 6.40. The highest BCUT2D eigenvalue weighted by Gasteiger charge is 2.20. The Morgan fingerprint density at radius 3 is 2.71 bits per heavy atom. The zero-order valence-corrected chi connectivity index (χ0v) is 14.8. The lowest BCUT2D eigenvalue weighted by Crippen LogP contribution is -2.33. The lowest BCUT2D eigenvalue weighted by molar-refractivity contribution is 0.118. The molecule has 0 bridgehead atoms. The van der Waals surface area contributed by atoms with Gasteiger partial charge in [-0.05, 0) is 61.1 Å². The molecule has 2 heterocycles. The van der Waals surface area contributed by atoms with E-state index < -0.39 is 0 Å². The quantitative estimate of drug-likeness (QED) is 0.758. The highest BCUT2D eigenvalue weighted by Crippen LogP contribution is 2.26. The highest BCUT2D eigenvalue weighted by molar-refractivity contribution is 9.10. The summed E-state index contributed by atoms with van der Waals surface area (Å²) in [5.74, 6) is 0. The average Bonchev–Trinajstić information content (AvgIpc) is 2.79. The third-order valence-electron chi connectivity index (χ3n) is 2.59. The van der Waals surface area contributed by atoms with Crippen LogP contribution >= 0.6 is 28.1 Å². The number of rotatable bonds is 2. The maximum Gasteiger partial charge on any atom is 0.264 e. The van der Waals surface area contributed by atoms with E-state index in [1.165, 1.54) is 0 Å². The number of hydrogen-bond acceptors (Lipinski definition) is 4. The molecule has 0 aromatic carbocycles. The van der Waals surface area contributed by atoms with E-state index in [-0.39, 0.29) is 5.60 Å². The van der Waals surface area contributed by atoms with Gasteiger partial charge >= 0.3 is 0 Å².